The SMILES string of the molecule is CCCNC(=O)c1ccc(NC(=O)C2(N)CCCC2)cc1Cl. The number of hydrogen-bond acceptors (Lipinski definition) is 3. The summed E-state index contributed by atoms with van der Waals surface area (Å²) >= 11 is 6.14. The molecule has 1 aliphatic carbocycles. The number of rotatable bonds is 5. The molecule has 0 saturated heterocycles. The number of benzene rings is 1. The molecule has 1 saturated carbocycles. The molecule has 0 spiro atoms. The number of amides is 2. The standard InChI is InChI=1S/C16H22ClN3O2/c1-2-9-19-14(21)12-6-5-11(10-13(12)17)20-15(22)16(18)7-3-4-8-16/h5-6,10H,2-4,7-9,18H2,1H3,(H,19,21)(H,20,22). The highest BCUT2D eigenvalue weighted by molar-refractivity contribution is 6.34. The molecule has 1 aromatic rings. The third-order valence-corrected chi connectivity index (χ3v) is 4.27. The van der Waals surface area contributed by atoms with Gasteiger partial charge in [-0.3, -0.25) is 9.59 Å². The molecule has 120 valence electrons. The van der Waals surface area contributed by atoms with Crippen LogP contribution in [-0.4, -0.2) is 23.9 Å². The molecule has 2 rings (SSSR count). The number of carbonyl (C=O) groups excluding carboxylic acids is 2. The van der Waals surface area contributed by atoms with E-state index in [1.54, 1.807) is 18.2 Å². The quantitative estimate of drug-likeness (QED) is 0.779. The van der Waals surface area contributed by atoms with Crippen molar-refractivity contribution < 1.29 is 9.59 Å². The van der Waals surface area contributed by atoms with Crippen molar-refractivity contribution in [1.82, 2.24) is 5.32 Å². The number of nitrogens with one attached hydrogen (secondary N) is 2. The van der Waals surface area contributed by atoms with Gasteiger partial charge in [0.15, 0.2) is 0 Å². The van der Waals surface area contributed by atoms with Crippen LogP contribution in [0.3, 0.4) is 0 Å². The molecule has 0 aliphatic heterocycles. The fourth-order valence-electron chi connectivity index (χ4n) is 2.60. The zero-order chi connectivity index (χ0) is 16.2. The van der Waals surface area contributed by atoms with E-state index in [2.05, 4.69) is 10.6 Å². The summed E-state index contributed by atoms with van der Waals surface area (Å²) in [6.45, 7) is 2.58. The lowest BCUT2D eigenvalue weighted by Gasteiger charge is -2.22. The third kappa shape index (κ3) is 3.78. The van der Waals surface area contributed by atoms with E-state index in [9.17, 15) is 9.59 Å². The summed E-state index contributed by atoms with van der Waals surface area (Å²) in [6.07, 6.45) is 4.20. The van der Waals surface area contributed by atoms with Crippen LogP contribution >= 0.6 is 11.6 Å². The lowest BCUT2D eigenvalue weighted by molar-refractivity contribution is -0.121. The van der Waals surface area contributed by atoms with Crippen LogP contribution < -0.4 is 16.4 Å². The predicted octanol–water partition coefficient (Wildman–Crippen LogP) is 2.69. The van der Waals surface area contributed by atoms with Crippen LogP contribution in [0.4, 0.5) is 5.69 Å². The molecule has 0 atom stereocenters. The van der Waals surface area contributed by atoms with Gasteiger partial charge in [-0.25, -0.2) is 0 Å². The molecule has 5 nitrogen and oxygen atoms in total. The molecule has 2 amide bonds. The van der Waals surface area contributed by atoms with Crippen LogP contribution in [0, 0.1) is 0 Å². The summed E-state index contributed by atoms with van der Waals surface area (Å²) in [4.78, 5) is 24.2. The number of carbonyl (C=O) groups is 2. The highest BCUT2D eigenvalue weighted by atomic mass is 35.5. The van der Waals surface area contributed by atoms with E-state index in [1.165, 1.54) is 0 Å². The van der Waals surface area contributed by atoms with E-state index in [1.807, 2.05) is 6.92 Å². The lowest BCUT2D eigenvalue weighted by atomic mass is 9.98. The van der Waals surface area contributed by atoms with Crippen LogP contribution in [0.25, 0.3) is 0 Å². The van der Waals surface area contributed by atoms with Crippen molar-refractivity contribution in [1.29, 1.82) is 0 Å². The van der Waals surface area contributed by atoms with Crippen LogP contribution in [0.15, 0.2) is 18.2 Å². The number of anilines is 1. The Hall–Kier alpha value is -1.59. The van der Waals surface area contributed by atoms with Crippen molar-refractivity contribution in [2.75, 3.05) is 11.9 Å². The average molecular weight is 324 g/mol. The van der Waals surface area contributed by atoms with Gasteiger partial charge in [0, 0.05) is 12.2 Å². The van der Waals surface area contributed by atoms with Crippen molar-refractivity contribution in [2.24, 2.45) is 5.73 Å². The minimum atomic E-state index is -0.788. The van der Waals surface area contributed by atoms with Crippen LogP contribution in [0.2, 0.25) is 5.02 Å². The predicted molar refractivity (Wildman–Crippen MR) is 88.1 cm³/mol. The number of hydrogen-bond donors (Lipinski definition) is 3. The second-order valence-corrected chi connectivity index (χ2v) is 6.18. The van der Waals surface area contributed by atoms with Crippen LogP contribution in [0.5, 0.6) is 0 Å². The zero-order valence-electron chi connectivity index (χ0n) is 12.7. The summed E-state index contributed by atoms with van der Waals surface area (Å²) in [5.41, 5.74) is 6.28. The minimum absolute atomic E-state index is 0.191. The summed E-state index contributed by atoms with van der Waals surface area (Å²) in [5, 5.41) is 5.87. The van der Waals surface area contributed by atoms with E-state index < -0.39 is 5.54 Å². The maximum Gasteiger partial charge on any atom is 0.252 e. The molecule has 6 heteroatoms. The Morgan fingerprint density at radius 1 is 1.32 bits per heavy atom. The van der Waals surface area contributed by atoms with Crippen molar-refractivity contribution in [3.8, 4) is 0 Å². The Morgan fingerprint density at radius 2 is 2.00 bits per heavy atom. The van der Waals surface area contributed by atoms with Gasteiger partial charge in [0.25, 0.3) is 5.91 Å². The Bertz CT molecular complexity index is 569. The van der Waals surface area contributed by atoms with Gasteiger partial charge < -0.3 is 16.4 Å². The maximum absolute atomic E-state index is 12.2. The Morgan fingerprint density at radius 3 is 2.59 bits per heavy atom. The lowest BCUT2D eigenvalue weighted by Crippen LogP contribution is -2.48. The van der Waals surface area contributed by atoms with E-state index in [0.717, 1.165) is 19.3 Å². The maximum atomic E-state index is 12.2. The molecule has 1 aromatic carbocycles. The van der Waals surface area contributed by atoms with E-state index in [-0.39, 0.29) is 11.8 Å². The first kappa shape index (κ1) is 16.8. The van der Waals surface area contributed by atoms with Gasteiger partial charge in [-0.05, 0) is 37.5 Å². The third-order valence-electron chi connectivity index (χ3n) is 3.96. The Kier molecular flexibility index (Phi) is 5.42. The van der Waals surface area contributed by atoms with Crippen molar-refractivity contribution in [3.05, 3.63) is 28.8 Å². The molecule has 0 aromatic heterocycles. The van der Waals surface area contributed by atoms with Crippen molar-refractivity contribution >= 4 is 29.1 Å². The van der Waals surface area contributed by atoms with Gasteiger partial charge in [0.05, 0.1) is 16.1 Å². The van der Waals surface area contributed by atoms with Gasteiger partial charge in [-0.15, -0.1) is 0 Å². The highest BCUT2D eigenvalue weighted by Crippen LogP contribution is 2.29. The number of nitrogens with two attached hydrogens (primary N) is 1. The van der Waals surface area contributed by atoms with Gasteiger partial charge >= 0.3 is 0 Å². The zero-order valence-corrected chi connectivity index (χ0v) is 13.5. The first-order valence-electron chi connectivity index (χ1n) is 7.64. The molecule has 0 bridgehead atoms. The monoisotopic (exact) mass is 323 g/mol. The number of halogens is 1. The molecule has 0 radical (unpaired) electrons. The average Bonchev–Trinajstić information content (AvgIpc) is 2.93. The fourth-order valence-corrected chi connectivity index (χ4v) is 2.87. The Balaban J connectivity index is 2.06. The molecule has 22 heavy (non-hydrogen) atoms. The molecule has 4 N–H and O–H groups in total. The van der Waals surface area contributed by atoms with Gasteiger partial charge in [0.2, 0.25) is 5.91 Å². The molecular formula is C16H22ClN3O2. The second kappa shape index (κ2) is 7.11. The second-order valence-electron chi connectivity index (χ2n) is 5.77. The van der Waals surface area contributed by atoms with Gasteiger partial charge in [0.1, 0.15) is 0 Å². The molecule has 1 fully saturated rings. The van der Waals surface area contributed by atoms with Crippen molar-refractivity contribution in [3.63, 3.8) is 0 Å². The molecule has 1 aliphatic rings. The van der Waals surface area contributed by atoms with E-state index in [0.29, 0.717) is 35.7 Å². The van der Waals surface area contributed by atoms with Gasteiger partial charge in [-0.2, -0.15) is 0 Å². The molecule has 0 unspecified atom stereocenters. The van der Waals surface area contributed by atoms with Crippen molar-refractivity contribution in [2.45, 2.75) is 44.6 Å². The normalized spacial score (nSPS) is 16.3. The first-order chi connectivity index (χ1) is 10.5. The van der Waals surface area contributed by atoms with Gasteiger partial charge in [-0.1, -0.05) is 31.4 Å². The van der Waals surface area contributed by atoms with Crippen LogP contribution in [0.1, 0.15) is 49.4 Å². The minimum Gasteiger partial charge on any atom is -0.352 e. The first-order valence-corrected chi connectivity index (χ1v) is 8.02. The molecular weight excluding hydrogens is 302 g/mol. The summed E-state index contributed by atoms with van der Waals surface area (Å²) in [6, 6.07) is 4.86. The molecule has 0 heterocycles. The van der Waals surface area contributed by atoms with E-state index in [4.69, 9.17) is 17.3 Å². The smallest absolute Gasteiger partial charge is 0.252 e. The summed E-state index contributed by atoms with van der Waals surface area (Å²) < 4.78 is 0. The topological polar surface area (TPSA) is 84.2 Å². The largest absolute Gasteiger partial charge is 0.352 e. The summed E-state index contributed by atoms with van der Waals surface area (Å²) in [5.74, 6) is -0.403. The van der Waals surface area contributed by atoms with E-state index >= 15 is 0 Å². The summed E-state index contributed by atoms with van der Waals surface area (Å²) in [7, 11) is 0. The Labute approximate surface area is 135 Å². The van der Waals surface area contributed by atoms with Crippen LogP contribution in [-0.2, 0) is 4.79 Å². The fraction of sp³-hybridized carbons (Fsp3) is 0.500. The highest BCUT2D eigenvalue weighted by Gasteiger charge is 2.37.